The van der Waals surface area contributed by atoms with Crippen molar-refractivity contribution < 1.29 is 4.79 Å². The second kappa shape index (κ2) is 9.87. The lowest BCUT2D eigenvalue weighted by molar-refractivity contribution is -0.123. The molecule has 0 radical (unpaired) electrons. The Balaban J connectivity index is 0.00000144. The first-order chi connectivity index (χ1) is 10.8. The SMILES string of the molecule is Cc1nc2ccccc2n1CCCNC(=O)C1CCCCN1.Cl.Cl. The Kier molecular flexibility index (Phi) is 8.53. The highest BCUT2D eigenvalue weighted by atomic mass is 35.5. The molecule has 0 saturated carbocycles. The van der Waals surface area contributed by atoms with Crippen LogP contribution in [0.4, 0.5) is 0 Å². The highest BCUT2D eigenvalue weighted by Crippen LogP contribution is 2.15. The zero-order valence-corrected chi connectivity index (χ0v) is 15.6. The average Bonchev–Trinajstić information content (AvgIpc) is 2.88. The summed E-state index contributed by atoms with van der Waals surface area (Å²) in [4.78, 5) is 16.6. The molecule has 2 aromatic rings. The molecule has 1 amide bonds. The summed E-state index contributed by atoms with van der Waals surface area (Å²) < 4.78 is 2.22. The Bertz CT molecular complexity index is 653. The number of amides is 1. The molecule has 0 aliphatic carbocycles. The Hall–Kier alpha value is -1.30. The second-order valence-electron chi connectivity index (χ2n) is 5.95. The van der Waals surface area contributed by atoms with Crippen molar-refractivity contribution in [2.45, 2.75) is 45.2 Å². The molecule has 1 atom stereocenters. The lowest BCUT2D eigenvalue weighted by atomic mass is 10.0. The van der Waals surface area contributed by atoms with Crippen LogP contribution in [-0.2, 0) is 11.3 Å². The third-order valence-electron chi connectivity index (χ3n) is 4.33. The van der Waals surface area contributed by atoms with Gasteiger partial charge in [0, 0.05) is 13.1 Å². The molecule has 1 unspecified atom stereocenters. The smallest absolute Gasteiger partial charge is 0.237 e. The third-order valence-corrected chi connectivity index (χ3v) is 4.33. The van der Waals surface area contributed by atoms with E-state index in [2.05, 4.69) is 26.3 Å². The number of nitrogens with one attached hydrogen (secondary N) is 2. The number of hydrogen-bond acceptors (Lipinski definition) is 3. The molecule has 7 heteroatoms. The van der Waals surface area contributed by atoms with Gasteiger partial charge in [0.1, 0.15) is 5.82 Å². The minimum atomic E-state index is 0. The summed E-state index contributed by atoms with van der Waals surface area (Å²) in [6, 6.07) is 8.19. The maximum atomic E-state index is 12.0. The zero-order chi connectivity index (χ0) is 15.4. The second-order valence-corrected chi connectivity index (χ2v) is 5.95. The molecule has 2 N–H and O–H groups in total. The molecule has 0 bridgehead atoms. The van der Waals surface area contributed by atoms with E-state index in [1.807, 2.05) is 25.1 Å². The van der Waals surface area contributed by atoms with Crippen molar-refractivity contribution in [2.75, 3.05) is 13.1 Å². The number of nitrogens with zero attached hydrogens (tertiary/aromatic N) is 2. The standard InChI is InChI=1S/C17H24N4O.2ClH/c1-13-20-14-7-2-3-9-16(14)21(13)12-6-11-19-17(22)15-8-4-5-10-18-15;;/h2-3,7,9,15,18H,4-6,8,10-12H2,1H3,(H,19,22);2*1H. The first kappa shape index (κ1) is 20.7. The van der Waals surface area contributed by atoms with Crippen molar-refractivity contribution in [3.05, 3.63) is 30.1 Å². The number of piperidine rings is 1. The molecule has 5 nitrogen and oxygen atoms in total. The maximum absolute atomic E-state index is 12.0. The van der Waals surface area contributed by atoms with Crippen LogP contribution < -0.4 is 10.6 Å². The van der Waals surface area contributed by atoms with E-state index in [1.54, 1.807) is 0 Å². The van der Waals surface area contributed by atoms with Crippen LogP contribution in [0.1, 0.15) is 31.5 Å². The van der Waals surface area contributed by atoms with Crippen molar-refractivity contribution in [3.63, 3.8) is 0 Å². The van der Waals surface area contributed by atoms with E-state index in [-0.39, 0.29) is 36.8 Å². The molecular weight excluding hydrogens is 347 g/mol. The van der Waals surface area contributed by atoms with Crippen LogP contribution in [0.3, 0.4) is 0 Å². The summed E-state index contributed by atoms with van der Waals surface area (Å²) in [5.74, 6) is 1.17. The van der Waals surface area contributed by atoms with Crippen molar-refractivity contribution in [1.82, 2.24) is 20.2 Å². The van der Waals surface area contributed by atoms with E-state index in [4.69, 9.17) is 0 Å². The molecule has 134 valence electrons. The Morgan fingerprint density at radius 2 is 2.12 bits per heavy atom. The molecule has 2 heterocycles. The first-order valence-corrected chi connectivity index (χ1v) is 8.18. The number of carbonyl (C=O) groups excluding carboxylic acids is 1. The van der Waals surface area contributed by atoms with Crippen molar-refractivity contribution in [1.29, 1.82) is 0 Å². The van der Waals surface area contributed by atoms with E-state index >= 15 is 0 Å². The fraction of sp³-hybridized carbons (Fsp3) is 0.529. The average molecular weight is 373 g/mol. The van der Waals surface area contributed by atoms with Gasteiger partial charge in [0.15, 0.2) is 0 Å². The number of imidazole rings is 1. The fourth-order valence-electron chi connectivity index (χ4n) is 3.13. The minimum Gasteiger partial charge on any atom is -0.355 e. The van der Waals surface area contributed by atoms with Gasteiger partial charge >= 0.3 is 0 Å². The number of rotatable bonds is 5. The van der Waals surface area contributed by atoms with Gasteiger partial charge in [-0.15, -0.1) is 24.8 Å². The van der Waals surface area contributed by atoms with Crippen LogP contribution in [0.2, 0.25) is 0 Å². The van der Waals surface area contributed by atoms with Gasteiger partial charge < -0.3 is 15.2 Å². The van der Waals surface area contributed by atoms with Gasteiger partial charge in [0.2, 0.25) is 5.91 Å². The quantitative estimate of drug-likeness (QED) is 0.793. The number of halogens is 2. The zero-order valence-electron chi connectivity index (χ0n) is 14.0. The predicted octanol–water partition coefficient (Wildman–Crippen LogP) is 2.84. The molecule has 1 saturated heterocycles. The summed E-state index contributed by atoms with van der Waals surface area (Å²) in [5, 5.41) is 6.33. The fourth-order valence-corrected chi connectivity index (χ4v) is 3.13. The van der Waals surface area contributed by atoms with Gasteiger partial charge in [-0.05, 0) is 44.9 Å². The Labute approximate surface area is 155 Å². The van der Waals surface area contributed by atoms with Crippen LogP contribution in [0.25, 0.3) is 11.0 Å². The van der Waals surface area contributed by atoms with E-state index in [0.717, 1.165) is 43.7 Å². The maximum Gasteiger partial charge on any atom is 0.237 e. The molecule has 1 aliphatic rings. The van der Waals surface area contributed by atoms with E-state index < -0.39 is 0 Å². The minimum absolute atomic E-state index is 0. The van der Waals surface area contributed by atoms with Crippen LogP contribution in [-0.4, -0.2) is 34.6 Å². The van der Waals surface area contributed by atoms with Gasteiger partial charge in [0.25, 0.3) is 0 Å². The number of hydrogen-bond donors (Lipinski definition) is 2. The van der Waals surface area contributed by atoms with Crippen molar-refractivity contribution >= 4 is 41.8 Å². The number of benzene rings is 1. The van der Waals surface area contributed by atoms with Gasteiger partial charge in [-0.2, -0.15) is 0 Å². The summed E-state index contributed by atoms with van der Waals surface area (Å²) >= 11 is 0. The van der Waals surface area contributed by atoms with Crippen LogP contribution in [0.5, 0.6) is 0 Å². The number of para-hydroxylation sites is 2. The van der Waals surface area contributed by atoms with Crippen LogP contribution in [0.15, 0.2) is 24.3 Å². The van der Waals surface area contributed by atoms with Crippen molar-refractivity contribution in [3.8, 4) is 0 Å². The summed E-state index contributed by atoms with van der Waals surface area (Å²) in [6.45, 7) is 4.58. The number of carbonyl (C=O) groups is 1. The normalized spacial score (nSPS) is 17.0. The molecule has 3 rings (SSSR count). The van der Waals surface area contributed by atoms with Crippen LogP contribution >= 0.6 is 24.8 Å². The number of fused-ring (bicyclic) bond motifs is 1. The van der Waals surface area contributed by atoms with E-state index in [0.29, 0.717) is 6.54 Å². The summed E-state index contributed by atoms with van der Waals surface area (Å²) in [6.07, 6.45) is 4.19. The van der Waals surface area contributed by atoms with Gasteiger partial charge in [-0.25, -0.2) is 4.98 Å². The number of aromatic nitrogens is 2. The van der Waals surface area contributed by atoms with Gasteiger partial charge in [0.05, 0.1) is 17.1 Å². The summed E-state index contributed by atoms with van der Waals surface area (Å²) in [7, 11) is 0. The highest BCUT2D eigenvalue weighted by Gasteiger charge is 2.19. The molecule has 1 fully saturated rings. The van der Waals surface area contributed by atoms with Gasteiger partial charge in [-0.1, -0.05) is 18.6 Å². The highest BCUT2D eigenvalue weighted by molar-refractivity contribution is 5.85. The summed E-state index contributed by atoms with van der Waals surface area (Å²) in [5.41, 5.74) is 2.20. The molecule has 1 aliphatic heterocycles. The predicted molar refractivity (Wildman–Crippen MR) is 102 cm³/mol. The lowest BCUT2D eigenvalue weighted by Gasteiger charge is -2.22. The largest absolute Gasteiger partial charge is 0.355 e. The van der Waals surface area contributed by atoms with E-state index in [9.17, 15) is 4.79 Å². The molecular formula is C17H26Cl2N4O. The van der Waals surface area contributed by atoms with Crippen molar-refractivity contribution in [2.24, 2.45) is 0 Å². The number of aryl methyl sites for hydroxylation is 2. The third kappa shape index (κ3) is 4.85. The molecule has 24 heavy (non-hydrogen) atoms. The van der Waals surface area contributed by atoms with Crippen LogP contribution in [0, 0.1) is 6.92 Å². The molecule has 0 spiro atoms. The monoisotopic (exact) mass is 372 g/mol. The Morgan fingerprint density at radius 3 is 2.88 bits per heavy atom. The van der Waals surface area contributed by atoms with Gasteiger partial charge in [-0.3, -0.25) is 4.79 Å². The molecule has 1 aromatic heterocycles. The first-order valence-electron chi connectivity index (χ1n) is 8.18. The molecule has 1 aromatic carbocycles. The topological polar surface area (TPSA) is 59.0 Å². The Morgan fingerprint density at radius 1 is 1.33 bits per heavy atom. The van der Waals surface area contributed by atoms with E-state index in [1.165, 1.54) is 11.9 Å². The lowest BCUT2D eigenvalue weighted by Crippen LogP contribution is -2.46.